The van der Waals surface area contributed by atoms with Gasteiger partial charge in [0.1, 0.15) is 12.4 Å². The van der Waals surface area contributed by atoms with Crippen LogP contribution >= 0.6 is 11.3 Å². The number of aliphatic hydroxyl groups excluding tert-OH is 1. The Bertz CT molecular complexity index is 1250. The van der Waals surface area contributed by atoms with E-state index in [9.17, 15) is 14.7 Å². The summed E-state index contributed by atoms with van der Waals surface area (Å²) in [5.74, 6) is -1.09. The van der Waals surface area contributed by atoms with Crippen LogP contribution in [0.1, 0.15) is 37.5 Å². The Balaban J connectivity index is 1.85. The fourth-order valence-electron chi connectivity index (χ4n) is 3.91. The lowest BCUT2D eigenvalue weighted by atomic mass is 9.94. The second kappa shape index (κ2) is 9.38. The number of ether oxygens (including phenoxy) is 1. The first-order valence-corrected chi connectivity index (χ1v) is 11.2. The van der Waals surface area contributed by atoms with E-state index in [0.717, 1.165) is 10.6 Å². The number of hydrogen-bond acceptors (Lipinski definition) is 7. The van der Waals surface area contributed by atoms with Crippen molar-refractivity contribution >= 4 is 23.0 Å². The number of carbonyl (C=O) groups is 2. The van der Waals surface area contributed by atoms with E-state index < -0.39 is 23.5 Å². The Labute approximate surface area is 195 Å². The molecule has 0 fully saturated rings. The number of aryl methyl sites for hydroxylation is 2. The number of pyridine rings is 1. The van der Waals surface area contributed by atoms with Crippen LogP contribution in [0.5, 0.6) is 5.75 Å². The molecule has 1 atom stereocenters. The van der Waals surface area contributed by atoms with Crippen molar-refractivity contribution in [3.63, 3.8) is 0 Å². The molecule has 1 aliphatic heterocycles. The van der Waals surface area contributed by atoms with Crippen molar-refractivity contribution < 1.29 is 19.4 Å². The van der Waals surface area contributed by atoms with Crippen molar-refractivity contribution in [1.82, 2.24) is 14.9 Å². The first kappa shape index (κ1) is 22.4. The summed E-state index contributed by atoms with van der Waals surface area (Å²) in [6, 6.07) is 9.95. The van der Waals surface area contributed by atoms with Crippen molar-refractivity contribution in [3.05, 3.63) is 99.5 Å². The molecule has 4 rings (SSSR count). The van der Waals surface area contributed by atoms with Gasteiger partial charge in [-0.25, -0.2) is 4.98 Å². The van der Waals surface area contributed by atoms with Gasteiger partial charge in [0.2, 0.25) is 5.78 Å². The topological polar surface area (TPSA) is 92.6 Å². The molecule has 0 radical (unpaired) electrons. The van der Waals surface area contributed by atoms with Gasteiger partial charge in [0.15, 0.2) is 5.76 Å². The van der Waals surface area contributed by atoms with Crippen LogP contribution in [0.3, 0.4) is 0 Å². The third-order valence-corrected chi connectivity index (χ3v) is 6.38. The zero-order chi connectivity index (χ0) is 23.5. The van der Waals surface area contributed by atoms with E-state index in [2.05, 4.69) is 16.5 Å². The van der Waals surface area contributed by atoms with E-state index in [0.29, 0.717) is 21.9 Å². The van der Waals surface area contributed by atoms with Gasteiger partial charge < -0.3 is 14.7 Å². The number of carbonyl (C=O) groups excluding carboxylic acids is 2. The third kappa shape index (κ3) is 4.29. The van der Waals surface area contributed by atoms with Crippen LogP contribution < -0.4 is 4.74 Å². The molecule has 1 N–H and O–H groups in total. The minimum atomic E-state index is -0.840. The molecule has 0 bridgehead atoms. The average molecular weight is 462 g/mol. The highest BCUT2D eigenvalue weighted by Crippen LogP contribution is 2.43. The molecule has 1 aromatic carbocycles. The highest BCUT2D eigenvalue weighted by molar-refractivity contribution is 7.14. The molecule has 0 spiro atoms. The van der Waals surface area contributed by atoms with Gasteiger partial charge in [-0.3, -0.25) is 14.6 Å². The number of thiazole rings is 1. The van der Waals surface area contributed by atoms with Gasteiger partial charge in [-0.2, -0.15) is 0 Å². The summed E-state index contributed by atoms with van der Waals surface area (Å²) < 4.78 is 5.84. The van der Waals surface area contributed by atoms with E-state index in [-0.39, 0.29) is 18.7 Å². The zero-order valence-corrected chi connectivity index (χ0v) is 19.1. The van der Waals surface area contributed by atoms with Crippen LogP contribution in [-0.2, 0) is 11.3 Å². The molecule has 33 heavy (non-hydrogen) atoms. The Morgan fingerprint density at radius 2 is 2.06 bits per heavy atom. The third-order valence-electron chi connectivity index (χ3n) is 5.30. The fraction of sp³-hybridized carbons (Fsp3) is 0.200. The highest BCUT2D eigenvalue weighted by atomic mass is 32.1. The Morgan fingerprint density at radius 3 is 2.73 bits per heavy atom. The molecule has 0 aliphatic carbocycles. The fourth-order valence-corrected chi connectivity index (χ4v) is 4.79. The Kier molecular flexibility index (Phi) is 6.37. The molecule has 0 saturated carbocycles. The van der Waals surface area contributed by atoms with E-state index >= 15 is 0 Å². The number of aromatic nitrogens is 2. The summed E-state index contributed by atoms with van der Waals surface area (Å²) in [7, 11) is 0. The second-order valence-electron chi connectivity index (χ2n) is 7.57. The van der Waals surface area contributed by atoms with E-state index in [4.69, 9.17) is 4.74 Å². The maximum Gasteiger partial charge on any atom is 0.290 e. The number of amides is 1. The van der Waals surface area contributed by atoms with Crippen LogP contribution in [0.2, 0.25) is 0 Å². The summed E-state index contributed by atoms with van der Waals surface area (Å²) >= 11 is 1.24. The summed E-state index contributed by atoms with van der Waals surface area (Å²) in [6.07, 6.45) is 4.91. The first-order chi connectivity index (χ1) is 15.9. The lowest BCUT2D eigenvalue weighted by molar-refractivity contribution is -0.130. The molecule has 1 aliphatic rings. The summed E-state index contributed by atoms with van der Waals surface area (Å²) in [5, 5.41) is 11.6. The van der Waals surface area contributed by atoms with E-state index in [1.165, 1.54) is 16.2 Å². The molecule has 7 nitrogen and oxygen atoms in total. The Hall–Kier alpha value is -3.78. The quantitative estimate of drug-likeness (QED) is 0.392. The summed E-state index contributed by atoms with van der Waals surface area (Å²) in [5.41, 5.74) is 1.95. The van der Waals surface area contributed by atoms with Crippen molar-refractivity contribution in [2.75, 3.05) is 6.61 Å². The van der Waals surface area contributed by atoms with Gasteiger partial charge in [0.05, 0.1) is 27.2 Å². The number of benzene rings is 1. The van der Waals surface area contributed by atoms with Gasteiger partial charge in [0, 0.05) is 24.5 Å². The highest BCUT2D eigenvalue weighted by Gasteiger charge is 2.45. The minimum absolute atomic E-state index is 0.0188. The largest absolute Gasteiger partial charge is 0.503 e. The summed E-state index contributed by atoms with van der Waals surface area (Å²) in [4.78, 5) is 37.2. The molecule has 3 aromatic rings. The predicted molar refractivity (Wildman–Crippen MR) is 125 cm³/mol. The van der Waals surface area contributed by atoms with Crippen LogP contribution in [0.15, 0.2) is 72.8 Å². The van der Waals surface area contributed by atoms with Crippen LogP contribution in [-0.4, -0.2) is 38.3 Å². The van der Waals surface area contributed by atoms with Gasteiger partial charge in [0.25, 0.3) is 5.91 Å². The van der Waals surface area contributed by atoms with Crippen molar-refractivity contribution in [2.45, 2.75) is 26.4 Å². The smallest absolute Gasteiger partial charge is 0.290 e. The molecule has 1 amide bonds. The first-order valence-electron chi connectivity index (χ1n) is 10.4. The van der Waals surface area contributed by atoms with Gasteiger partial charge in [-0.05, 0) is 31.5 Å². The number of rotatable bonds is 8. The van der Waals surface area contributed by atoms with Crippen molar-refractivity contribution in [3.8, 4) is 5.75 Å². The maximum absolute atomic E-state index is 13.6. The second-order valence-corrected chi connectivity index (χ2v) is 8.78. The Morgan fingerprint density at radius 1 is 1.27 bits per heavy atom. The van der Waals surface area contributed by atoms with Crippen molar-refractivity contribution in [2.24, 2.45) is 0 Å². The molecule has 2 aromatic heterocycles. The van der Waals surface area contributed by atoms with Gasteiger partial charge >= 0.3 is 0 Å². The SMILES string of the molecule is C=CCOc1ccccc1C1C(C(=O)c2sc(C)nc2C)=C(O)C(=O)N1Cc1cccnc1. The molecular weight excluding hydrogens is 438 g/mol. The normalized spacial score (nSPS) is 15.8. The molecular formula is C25H23N3O4S. The van der Waals surface area contributed by atoms with Gasteiger partial charge in [-0.15, -0.1) is 11.3 Å². The number of para-hydroxylation sites is 1. The molecule has 3 heterocycles. The van der Waals surface area contributed by atoms with Crippen molar-refractivity contribution in [1.29, 1.82) is 0 Å². The number of hydrogen-bond donors (Lipinski definition) is 1. The number of Topliss-reactive ketones (excluding diaryl/α,β-unsaturated/α-hetero) is 1. The summed E-state index contributed by atoms with van der Waals surface area (Å²) in [6.45, 7) is 7.66. The van der Waals surface area contributed by atoms with Crippen LogP contribution in [0.25, 0.3) is 0 Å². The average Bonchev–Trinajstić information content (AvgIpc) is 3.28. The minimum Gasteiger partial charge on any atom is -0.503 e. The molecule has 0 saturated heterocycles. The molecule has 1 unspecified atom stereocenters. The van der Waals surface area contributed by atoms with Crippen LogP contribution in [0, 0.1) is 13.8 Å². The maximum atomic E-state index is 13.6. The predicted octanol–water partition coefficient (Wildman–Crippen LogP) is 4.50. The molecule has 168 valence electrons. The number of nitrogens with zero attached hydrogens (tertiary/aromatic N) is 3. The van der Waals surface area contributed by atoms with Gasteiger partial charge in [-0.1, -0.05) is 36.9 Å². The van der Waals surface area contributed by atoms with E-state index in [1.54, 1.807) is 43.6 Å². The van der Waals surface area contributed by atoms with E-state index in [1.807, 2.05) is 25.1 Å². The number of aliphatic hydroxyl groups is 1. The lowest BCUT2D eigenvalue weighted by Crippen LogP contribution is -2.31. The standard InChI is InChI=1S/C25H23N3O4S/c1-4-12-32-19-10-6-5-9-18(19)21-20(22(29)24-15(2)27-16(3)33-24)23(30)25(31)28(21)14-17-8-7-11-26-13-17/h4-11,13,21,30H,1,12,14H2,2-3H3. The van der Waals surface area contributed by atoms with Crippen LogP contribution in [0.4, 0.5) is 0 Å². The number of ketones is 1. The zero-order valence-electron chi connectivity index (χ0n) is 18.3. The monoisotopic (exact) mass is 461 g/mol. The lowest BCUT2D eigenvalue weighted by Gasteiger charge is -2.28. The molecule has 8 heteroatoms.